The minimum Gasteiger partial charge on any atom is -0.457 e. The number of benzene rings is 2. The van der Waals surface area contributed by atoms with E-state index < -0.39 is 5.51 Å². The molecule has 10 heteroatoms. The lowest BCUT2D eigenvalue weighted by Crippen LogP contribution is -2.01. The van der Waals surface area contributed by atoms with Crippen molar-refractivity contribution < 1.29 is 22.7 Å². The summed E-state index contributed by atoms with van der Waals surface area (Å²) in [5.74, 6) is 1.45. The first-order valence-electron chi connectivity index (χ1n) is 8.99. The number of pyridine rings is 1. The molecule has 0 fully saturated rings. The molecule has 6 nitrogen and oxygen atoms in total. The Kier molecular flexibility index (Phi) is 5.55. The van der Waals surface area contributed by atoms with Crippen LogP contribution in [0, 0.1) is 0 Å². The second kappa shape index (κ2) is 8.31. The molecule has 1 N–H and O–H groups in total. The number of aromatic nitrogens is 3. The summed E-state index contributed by atoms with van der Waals surface area (Å²) in [6.07, 6.45) is 2.11. The number of aldehydes is 1. The van der Waals surface area contributed by atoms with Gasteiger partial charge in [-0.15, -0.1) is 0 Å². The fourth-order valence-electron chi connectivity index (χ4n) is 2.95. The maximum atomic E-state index is 12.6. The van der Waals surface area contributed by atoms with Crippen LogP contribution in [0.15, 0.2) is 65.7 Å². The number of carbonyl (C=O) groups excluding carboxylic acids is 1. The second-order valence-electron chi connectivity index (χ2n) is 6.48. The number of fused-ring (bicyclic) bond motifs is 1. The summed E-state index contributed by atoms with van der Waals surface area (Å²) in [7, 11) is 1.80. The highest BCUT2D eigenvalue weighted by Gasteiger charge is 2.29. The van der Waals surface area contributed by atoms with Gasteiger partial charge in [-0.25, -0.2) is 4.98 Å². The summed E-state index contributed by atoms with van der Waals surface area (Å²) in [6, 6.07) is 14.5. The quantitative estimate of drug-likeness (QED) is 0.294. The first-order chi connectivity index (χ1) is 14.8. The molecule has 0 amide bonds. The van der Waals surface area contributed by atoms with Crippen LogP contribution in [-0.4, -0.2) is 26.3 Å². The van der Waals surface area contributed by atoms with E-state index in [-0.39, 0.29) is 22.4 Å². The van der Waals surface area contributed by atoms with E-state index >= 15 is 0 Å². The molecule has 2 aromatic heterocycles. The molecule has 2 aromatic carbocycles. The lowest BCUT2D eigenvalue weighted by atomic mass is 10.3. The van der Waals surface area contributed by atoms with E-state index in [4.69, 9.17) is 4.74 Å². The minimum absolute atomic E-state index is 0.0824. The molecule has 0 aliphatic rings. The number of nitrogens with one attached hydrogen (secondary N) is 1. The molecule has 4 rings (SSSR count). The Hall–Kier alpha value is -3.53. The molecule has 0 radical (unpaired) electrons. The Bertz CT molecular complexity index is 1260. The lowest BCUT2D eigenvalue weighted by molar-refractivity contribution is -0.0328. The number of aryl methyl sites for hydroxylation is 1. The summed E-state index contributed by atoms with van der Waals surface area (Å²) in [5, 5.41) is 3.06. The number of imidazole rings is 1. The second-order valence-corrected chi connectivity index (χ2v) is 7.62. The van der Waals surface area contributed by atoms with Crippen molar-refractivity contribution in [3.63, 3.8) is 0 Å². The summed E-state index contributed by atoms with van der Waals surface area (Å²) in [4.78, 5) is 19.4. The van der Waals surface area contributed by atoms with Crippen LogP contribution in [0.5, 0.6) is 11.5 Å². The summed E-state index contributed by atoms with van der Waals surface area (Å²) < 4.78 is 45.5. The van der Waals surface area contributed by atoms with Crippen LogP contribution in [0.2, 0.25) is 0 Å². The van der Waals surface area contributed by atoms with Gasteiger partial charge in [-0.05, 0) is 48.2 Å². The van der Waals surface area contributed by atoms with Gasteiger partial charge in [-0.2, -0.15) is 13.2 Å². The highest BCUT2D eigenvalue weighted by Crippen LogP contribution is 2.38. The van der Waals surface area contributed by atoms with Gasteiger partial charge in [-0.1, -0.05) is 6.07 Å². The van der Waals surface area contributed by atoms with Gasteiger partial charge in [0, 0.05) is 36.0 Å². The van der Waals surface area contributed by atoms with Gasteiger partial charge in [-0.3, -0.25) is 9.78 Å². The molecule has 31 heavy (non-hydrogen) atoms. The number of thioether (sulfide) groups is 1. The van der Waals surface area contributed by atoms with Crippen molar-refractivity contribution in [1.82, 2.24) is 14.5 Å². The number of nitrogens with zero attached hydrogens (tertiary/aromatic N) is 3. The van der Waals surface area contributed by atoms with Gasteiger partial charge in [0.15, 0.2) is 6.29 Å². The van der Waals surface area contributed by atoms with Gasteiger partial charge in [0.25, 0.3) is 0 Å². The maximum absolute atomic E-state index is 12.6. The predicted octanol–water partition coefficient (Wildman–Crippen LogP) is 5.93. The van der Waals surface area contributed by atoms with E-state index in [1.54, 1.807) is 41.9 Å². The molecule has 0 atom stereocenters. The van der Waals surface area contributed by atoms with E-state index in [2.05, 4.69) is 15.3 Å². The van der Waals surface area contributed by atoms with Crippen LogP contribution in [0.4, 0.5) is 24.8 Å². The molecule has 0 spiro atoms. The lowest BCUT2D eigenvalue weighted by Gasteiger charge is -2.09. The molecule has 4 aromatic rings. The number of anilines is 2. The number of ether oxygens (including phenoxy) is 1. The van der Waals surface area contributed by atoms with Gasteiger partial charge < -0.3 is 14.6 Å². The minimum atomic E-state index is -4.35. The molecule has 2 heterocycles. The number of hydrogen-bond acceptors (Lipinski definition) is 6. The SMILES string of the molecule is Cn1c(Nc2cccc(SC(F)(F)F)c2)nc2cc(Oc3ccnc(C=O)c3)ccc21. The molecular weight excluding hydrogens is 429 g/mol. The molecule has 0 aliphatic heterocycles. The predicted molar refractivity (Wildman–Crippen MR) is 112 cm³/mol. The Morgan fingerprint density at radius 2 is 1.90 bits per heavy atom. The molecule has 0 unspecified atom stereocenters. The Balaban J connectivity index is 1.58. The van der Waals surface area contributed by atoms with Crippen molar-refractivity contribution in [2.75, 3.05) is 5.32 Å². The Labute approximate surface area is 179 Å². The molecule has 0 aliphatic carbocycles. The molecule has 158 valence electrons. The fourth-order valence-corrected chi connectivity index (χ4v) is 3.55. The highest BCUT2D eigenvalue weighted by atomic mass is 32.2. The van der Waals surface area contributed by atoms with Crippen molar-refractivity contribution in [2.24, 2.45) is 7.05 Å². The van der Waals surface area contributed by atoms with Crippen molar-refractivity contribution in [2.45, 2.75) is 10.4 Å². The van der Waals surface area contributed by atoms with Gasteiger partial charge >= 0.3 is 5.51 Å². The third kappa shape index (κ3) is 4.97. The highest BCUT2D eigenvalue weighted by molar-refractivity contribution is 8.00. The van der Waals surface area contributed by atoms with Gasteiger partial charge in [0.2, 0.25) is 5.95 Å². The number of halogens is 3. The molecule has 0 saturated carbocycles. The van der Waals surface area contributed by atoms with Crippen LogP contribution in [0.3, 0.4) is 0 Å². The standard InChI is InChI=1S/C21H15F3N4O2S/c1-28-19-6-5-15(30-16-7-8-25-14(9-16)12-29)11-18(19)27-20(28)26-13-3-2-4-17(10-13)31-21(22,23)24/h2-12H,1H3,(H,26,27). The topological polar surface area (TPSA) is 69.0 Å². The molecule has 0 bridgehead atoms. The van der Waals surface area contributed by atoms with Crippen LogP contribution < -0.4 is 10.1 Å². The van der Waals surface area contributed by atoms with Gasteiger partial charge in [0.1, 0.15) is 17.2 Å². The Morgan fingerprint density at radius 3 is 2.68 bits per heavy atom. The average Bonchev–Trinajstić information content (AvgIpc) is 3.02. The smallest absolute Gasteiger partial charge is 0.446 e. The monoisotopic (exact) mass is 444 g/mol. The summed E-state index contributed by atoms with van der Waals surface area (Å²) in [5.41, 5.74) is -2.17. The van der Waals surface area contributed by atoms with Crippen LogP contribution in [0.25, 0.3) is 11.0 Å². The maximum Gasteiger partial charge on any atom is 0.446 e. The van der Waals surface area contributed by atoms with Gasteiger partial charge in [0.05, 0.1) is 11.0 Å². The average molecular weight is 444 g/mol. The zero-order valence-electron chi connectivity index (χ0n) is 16.1. The zero-order valence-corrected chi connectivity index (χ0v) is 16.9. The van der Waals surface area contributed by atoms with E-state index in [9.17, 15) is 18.0 Å². The molecular formula is C21H15F3N4O2S. The number of hydrogen-bond donors (Lipinski definition) is 1. The molecule has 0 saturated heterocycles. The van der Waals surface area contributed by atoms with E-state index in [0.717, 1.165) is 5.52 Å². The van der Waals surface area contributed by atoms with Crippen LogP contribution >= 0.6 is 11.8 Å². The third-order valence-electron chi connectivity index (χ3n) is 4.29. The number of rotatable bonds is 6. The first kappa shape index (κ1) is 20.7. The van der Waals surface area contributed by atoms with E-state index in [0.29, 0.717) is 34.9 Å². The fraction of sp³-hybridized carbons (Fsp3) is 0.0952. The summed E-state index contributed by atoms with van der Waals surface area (Å²) >= 11 is -0.170. The number of alkyl halides is 3. The van der Waals surface area contributed by atoms with Crippen LogP contribution in [0.1, 0.15) is 10.5 Å². The van der Waals surface area contributed by atoms with Crippen molar-refractivity contribution in [3.8, 4) is 11.5 Å². The van der Waals surface area contributed by atoms with Crippen molar-refractivity contribution in [3.05, 3.63) is 66.5 Å². The Morgan fingerprint density at radius 1 is 1.10 bits per heavy atom. The summed E-state index contributed by atoms with van der Waals surface area (Å²) in [6.45, 7) is 0. The first-order valence-corrected chi connectivity index (χ1v) is 9.81. The van der Waals surface area contributed by atoms with Crippen molar-refractivity contribution >= 4 is 40.7 Å². The van der Waals surface area contributed by atoms with Crippen molar-refractivity contribution in [1.29, 1.82) is 0 Å². The van der Waals surface area contributed by atoms with Crippen LogP contribution in [-0.2, 0) is 7.05 Å². The normalized spacial score (nSPS) is 11.5. The van der Waals surface area contributed by atoms with E-state index in [1.165, 1.54) is 24.4 Å². The number of carbonyl (C=O) groups is 1. The largest absolute Gasteiger partial charge is 0.457 e. The third-order valence-corrected chi connectivity index (χ3v) is 5.01. The zero-order chi connectivity index (χ0) is 22.0. The van der Waals surface area contributed by atoms with E-state index in [1.807, 2.05) is 6.07 Å².